The highest BCUT2D eigenvalue weighted by molar-refractivity contribution is 5.94. The van der Waals surface area contributed by atoms with Gasteiger partial charge in [-0.1, -0.05) is 6.07 Å². The number of hydrogen-bond acceptors (Lipinski definition) is 5. The van der Waals surface area contributed by atoms with E-state index in [2.05, 4.69) is 27.3 Å². The van der Waals surface area contributed by atoms with E-state index in [0.29, 0.717) is 31.7 Å². The lowest BCUT2D eigenvalue weighted by Crippen LogP contribution is -2.51. The molecule has 31 heavy (non-hydrogen) atoms. The molecular formula is C23H28N6O2. The Balaban J connectivity index is 1.44. The average molecular weight is 421 g/mol. The first-order chi connectivity index (χ1) is 15.0. The monoisotopic (exact) mass is 420 g/mol. The van der Waals surface area contributed by atoms with Gasteiger partial charge in [0.1, 0.15) is 5.82 Å². The number of fused-ring (bicyclic) bond motifs is 1. The Morgan fingerprint density at radius 3 is 2.52 bits per heavy atom. The van der Waals surface area contributed by atoms with Gasteiger partial charge >= 0.3 is 0 Å². The number of amides is 2. The minimum Gasteiger partial charge on any atom is -0.354 e. The minimum absolute atomic E-state index is 0.133. The quantitative estimate of drug-likeness (QED) is 0.654. The number of anilines is 1. The molecule has 162 valence electrons. The van der Waals surface area contributed by atoms with Crippen LogP contribution in [-0.2, 0) is 11.3 Å². The van der Waals surface area contributed by atoms with Crippen LogP contribution in [-0.4, -0.2) is 77.8 Å². The number of hydrogen-bond donors (Lipinski definition) is 1. The fraction of sp³-hybridized carbons (Fsp3) is 0.348. The molecule has 8 nitrogen and oxygen atoms in total. The molecular weight excluding hydrogens is 392 g/mol. The minimum atomic E-state index is -0.133. The lowest BCUT2D eigenvalue weighted by atomic mass is 10.2. The molecule has 0 bridgehead atoms. The molecule has 1 N–H and O–H groups in total. The molecule has 0 spiro atoms. The molecule has 4 heterocycles. The molecule has 0 saturated carbocycles. The maximum Gasteiger partial charge on any atom is 0.253 e. The molecule has 1 aliphatic rings. The van der Waals surface area contributed by atoms with Gasteiger partial charge in [-0.25, -0.2) is 0 Å². The molecule has 0 unspecified atom stereocenters. The summed E-state index contributed by atoms with van der Waals surface area (Å²) < 4.78 is 2.05. The smallest absolute Gasteiger partial charge is 0.253 e. The summed E-state index contributed by atoms with van der Waals surface area (Å²) >= 11 is 0. The Hall–Kier alpha value is -3.39. The van der Waals surface area contributed by atoms with E-state index in [0.717, 1.165) is 30.1 Å². The molecule has 0 aliphatic carbocycles. The molecule has 8 heteroatoms. The SMILES string of the molecule is CN(C)CC(=O)N1CCN(c2ccc3ccc(C(=O)NCc4ccccn4)cn23)CC1. The highest BCUT2D eigenvalue weighted by Gasteiger charge is 2.23. The first-order valence-corrected chi connectivity index (χ1v) is 10.5. The number of likely N-dealkylation sites (N-methyl/N-ethyl adjacent to an activating group) is 1. The summed E-state index contributed by atoms with van der Waals surface area (Å²) in [4.78, 5) is 35.3. The van der Waals surface area contributed by atoms with Gasteiger partial charge in [0.2, 0.25) is 5.91 Å². The van der Waals surface area contributed by atoms with E-state index in [9.17, 15) is 9.59 Å². The predicted octanol–water partition coefficient (Wildman–Crippen LogP) is 1.47. The normalized spacial score (nSPS) is 14.3. The van der Waals surface area contributed by atoms with Crippen LogP contribution in [0.3, 0.4) is 0 Å². The van der Waals surface area contributed by atoms with Crippen molar-refractivity contribution in [3.05, 3.63) is 66.1 Å². The fourth-order valence-corrected chi connectivity index (χ4v) is 3.81. The van der Waals surface area contributed by atoms with Gasteiger partial charge in [0.05, 0.1) is 24.3 Å². The number of nitrogens with zero attached hydrogens (tertiary/aromatic N) is 5. The first-order valence-electron chi connectivity index (χ1n) is 10.5. The van der Waals surface area contributed by atoms with Gasteiger partial charge in [0.25, 0.3) is 5.91 Å². The van der Waals surface area contributed by atoms with E-state index in [1.807, 2.05) is 64.8 Å². The second-order valence-corrected chi connectivity index (χ2v) is 8.01. The van der Waals surface area contributed by atoms with Crippen molar-refractivity contribution in [3.8, 4) is 0 Å². The largest absolute Gasteiger partial charge is 0.354 e. The van der Waals surface area contributed by atoms with Gasteiger partial charge in [0.15, 0.2) is 0 Å². The van der Waals surface area contributed by atoms with Crippen LogP contribution in [0.5, 0.6) is 0 Å². The van der Waals surface area contributed by atoms with Crippen LogP contribution in [0.15, 0.2) is 54.9 Å². The van der Waals surface area contributed by atoms with Crippen molar-refractivity contribution in [1.29, 1.82) is 0 Å². The first kappa shape index (κ1) is 20.9. The maximum absolute atomic E-state index is 12.7. The van der Waals surface area contributed by atoms with Crippen molar-refractivity contribution in [3.63, 3.8) is 0 Å². The standard InChI is InChI=1S/C23H28N6O2/c1-26(2)17-22(30)28-13-11-27(12-14-28)21-9-8-20-7-6-18(16-29(20)21)23(31)25-15-19-5-3-4-10-24-19/h3-10,16H,11-15,17H2,1-2H3,(H,25,31). The second kappa shape index (κ2) is 9.18. The van der Waals surface area contributed by atoms with Crippen molar-refractivity contribution in [2.75, 3.05) is 51.7 Å². The number of carbonyl (C=O) groups excluding carboxylic acids is 2. The van der Waals surface area contributed by atoms with Crippen LogP contribution in [0.1, 0.15) is 16.1 Å². The van der Waals surface area contributed by atoms with Crippen LogP contribution < -0.4 is 10.2 Å². The molecule has 1 saturated heterocycles. The van der Waals surface area contributed by atoms with E-state index in [1.54, 1.807) is 6.20 Å². The number of piperazine rings is 1. The zero-order chi connectivity index (χ0) is 21.8. The molecule has 0 atom stereocenters. The van der Waals surface area contributed by atoms with Crippen LogP contribution in [0.2, 0.25) is 0 Å². The second-order valence-electron chi connectivity index (χ2n) is 8.01. The highest BCUT2D eigenvalue weighted by atomic mass is 16.2. The summed E-state index contributed by atoms with van der Waals surface area (Å²) in [5, 5.41) is 2.93. The Morgan fingerprint density at radius 2 is 1.81 bits per heavy atom. The Bertz CT molecular complexity index is 1050. The third-order valence-electron chi connectivity index (χ3n) is 5.46. The van der Waals surface area contributed by atoms with Crippen molar-refractivity contribution >= 4 is 23.1 Å². The Kier molecular flexibility index (Phi) is 6.18. The summed E-state index contributed by atoms with van der Waals surface area (Å²) in [7, 11) is 3.82. The summed E-state index contributed by atoms with van der Waals surface area (Å²) in [6.07, 6.45) is 3.59. The van der Waals surface area contributed by atoms with Gasteiger partial charge < -0.3 is 24.4 Å². The third-order valence-corrected chi connectivity index (χ3v) is 5.46. The lowest BCUT2D eigenvalue weighted by Gasteiger charge is -2.36. The fourth-order valence-electron chi connectivity index (χ4n) is 3.81. The number of aromatic nitrogens is 2. The van der Waals surface area contributed by atoms with Crippen LogP contribution >= 0.6 is 0 Å². The van der Waals surface area contributed by atoms with Crippen molar-refractivity contribution in [2.24, 2.45) is 0 Å². The van der Waals surface area contributed by atoms with Gasteiger partial charge in [-0.15, -0.1) is 0 Å². The zero-order valence-corrected chi connectivity index (χ0v) is 18.0. The Morgan fingerprint density at radius 1 is 1.03 bits per heavy atom. The summed E-state index contributed by atoms with van der Waals surface area (Å²) in [6.45, 7) is 3.75. The van der Waals surface area contributed by atoms with E-state index in [4.69, 9.17) is 0 Å². The molecule has 0 radical (unpaired) electrons. The molecule has 0 aromatic carbocycles. The summed E-state index contributed by atoms with van der Waals surface area (Å²) in [5.41, 5.74) is 2.45. The van der Waals surface area contributed by atoms with Gasteiger partial charge in [0, 0.05) is 44.1 Å². The van der Waals surface area contributed by atoms with Crippen molar-refractivity contribution < 1.29 is 9.59 Å². The van der Waals surface area contributed by atoms with E-state index < -0.39 is 0 Å². The summed E-state index contributed by atoms with van der Waals surface area (Å²) in [5.74, 6) is 1.07. The van der Waals surface area contributed by atoms with E-state index in [-0.39, 0.29) is 11.8 Å². The predicted molar refractivity (Wildman–Crippen MR) is 120 cm³/mol. The highest BCUT2D eigenvalue weighted by Crippen LogP contribution is 2.22. The number of nitrogens with one attached hydrogen (secondary N) is 1. The van der Waals surface area contributed by atoms with Crippen LogP contribution in [0.25, 0.3) is 5.52 Å². The van der Waals surface area contributed by atoms with E-state index >= 15 is 0 Å². The average Bonchev–Trinajstić information content (AvgIpc) is 3.21. The summed E-state index contributed by atoms with van der Waals surface area (Å²) in [6, 6.07) is 13.6. The molecule has 1 aliphatic heterocycles. The number of rotatable bonds is 6. The molecule has 1 fully saturated rings. The third kappa shape index (κ3) is 4.86. The van der Waals surface area contributed by atoms with E-state index in [1.165, 1.54) is 0 Å². The maximum atomic E-state index is 12.7. The molecule has 2 amide bonds. The Labute approximate surface area is 182 Å². The van der Waals surface area contributed by atoms with Crippen molar-refractivity contribution in [1.82, 2.24) is 24.5 Å². The topological polar surface area (TPSA) is 73.2 Å². The zero-order valence-electron chi connectivity index (χ0n) is 18.0. The van der Waals surface area contributed by atoms with Gasteiger partial charge in [-0.05, 0) is 50.5 Å². The van der Waals surface area contributed by atoms with Crippen molar-refractivity contribution in [2.45, 2.75) is 6.54 Å². The van der Waals surface area contributed by atoms with Gasteiger partial charge in [-0.3, -0.25) is 14.6 Å². The molecule has 3 aromatic rings. The lowest BCUT2D eigenvalue weighted by molar-refractivity contribution is -0.132. The molecule has 4 rings (SSSR count). The molecule has 3 aromatic heterocycles. The van der Waals surface area contributed by atoms with Crippen LogP contribution in [0, 0.1) is 0 Å². The van der Waals surface area contributed by atoms with Gasteiger partial charge in [-0.2, -0.15) is 0 Å². The van der Waals surface area contributed by atoms with Crippen LogP contribution in [0.4, 0.5) is 5.82 Å². The number of carbonyl (C=O) groups is 2. The number of pyridine rings is 2.